The fraction of sp³-hybridized carbons (Fsp3) is 0.158. The van der Waals surface area contributed by atoms with Gasteiger partial charge in [0, 0.05) is 74.3 Å². The zero-order valence-corrected chi connectivity index (χ0v) is 20.4. The van der Waals surface area contributed by atoms with E-state index >= 15 is 0 Å². The van der Waals surface area contributed by atoms with Crippen molar-refractivity contribution in [3.05, 3.63) is 58.7 Å². The van der Waals surface area contributed by atoms with Gasteiger partial charge in [0.25, 0.3) is 5.91 Å². The molecule has 153 valence electrons. The number of halogens is 1. The van der Waals surface area contributed by atoms with Gasteiger partial charge in [0.2, 0.25) is 0 Å². The Bertz CT molecular complexity index is 986. The van der Waals surface area contributed by atoms with E-state index in [-0.39, 0.29) is 73.7 Å². The minimum absolute atomic E-state index is 0. The van der Waals surface area contributed by atoms with Gasteiger partial charge in [0.05, 0.1) is 18.3 Å². The molecule has 0 spiro atoms. The van der Waals surface area contributed by atoms with Crippen LogP contribution in [-0.4, -0.2) is 91.4 Å². The van der Waals surface area contributed by atoms with Crippen LogP contribution < -0.4 is 9.47 Å². The molecule has 29 heavy (non-hydrogen) atoms. The van der Waals surface area contributed by atoms with Crippen LogP contribution in [0.4, 0.5) is 0 Å². The van der Waals surface area contributed by atoms with Gasteiger partial charge in [-0.05, 0) is 49.4 Å². The third kappa shape index (κ3) is 6.11. The molecule has 1 heterocycles. The molecular weight excluding hydrogens is 429 g/mol. The van der Waals surface area contributed by atoms with Gasteiger partial charge in [0.1, 0.15) is 5.75 Å². The van der Waals surface area contributed by atoms with E-state index < -0.39 is 5.97 Å². The maximum absolute atomic E-state index is 13.0. The van der Waals surface area contributed by atoms with Gasteiger partial charge >= 0.3 is 5.97 Å². The number of benzene rings is 2. The monoisotopic (exact) mass is 450 g/mol. The molecule has 0 aliphatic heterocycles. The first-order chi connectivity index (χ1) is 11.9. The van der Waals surface area contributed by atoms with Crippen LogP contribution in [0.1, 0.15) is 23.0 Å². The normalized spacial score (nSPS) is 9.24. The summed E-state index contributed by atoms with van der Waals surface area (Å²) in [5.74, 6) is 0.271. The fourth-order valence-corrected chi connectivity index (χ4v) is 2.88. The Labute approximate surface area is 215 Å². The number of hydrogen-bond acceptors (Lipinski definition) is 4. The Morgan fingerprint density at radius 1 is 1.00 bits per heavy atom. The smallest absolute Gasteiger partial charge is 0.308 e. The Hall–Kier alpha value is -1.27. The van der Waals surface area contributed by atoms with Crippen LogP contribution in [0.2, 0.25) is 5.02 Å². The van der Waals surface area contributed by atoms with E-state index in [0.717, 1.165) is 0 Å². The predicted octanol–water partition coefficient (Wildman–Crippen LogP) is 1.37. The Morgan fingerprint density at radius 3 is 2.10 bits per heavy atom. The molecule has 3 aromatic rings. The first-order valence-corrected chi connectivity index (χ1v) is 7.98. The standard InChI is InChI=1S/C19H16ClNO4.K.3H2O/c1-11-18(25-12(2)22)16-10-15(24-3)8-9-17(16)21(11)19(23)13-4-6-14(20)7-5-13;;;;/h4-10H,1-3H3;;3*1H2. The van der Waals surface area contributed by atoms with Crippen molar-refractivity contribution in [2.24, 2.45) is 0 Å². The molecule has 6 N–H and O–H groups in total. The summed E-state index contributed by atoms with van der Waals surface area (Å²) in [6.45, 7) is 3.06. The van der Waals surface area contributed by atoms with E-state index in [4.69, 9.17) is 21.1 Å². The van der Waals surface area contributed by atoms with Crippen LogP contribution in [0, 0.1) is 6.92 Å². The zero-order valence-electron chi connectivity index (χ0n) is 16.5. The number of methoxy groups -OCH3 is 1. The molecular formula is C19H22ClKNO7. The molecule has 0 saturated carbocycles. The number of aromatic nitrogens is 1. The topological polar surface area (TPSA) is 152 Å². The molecule has 0 bridgehead atoms. The number of nitrogens with zero attached hydrogens (tertiary/aromatic N) is 1. The molecule has 0 aliphatic carbocycles. The van der Waals surface area contributed by atoms with E-state index in [2.05, 4.69) is 0 Å². The predicted molar refractivity (Wildman–Crippen MR) is 112 cm³/mol. The van der Waals surface area contributed by atoms with E-state index in [1.54, 1.807) is 56.5 Å². The number of carbonyl (C=O) groups is 2. The molecule has 0 aliphatic rings. The maximum atomic E-state index is 13.0. The summed E-state index contributed by atoms with van der Waals surface area (Å²) in [7, 11) is 1.55. The molecule has 3 rings (SSSR count). The quantitative estimate of drug-likeness (QED) is 0.436. The van der Waals surface area contributed by atoms with E-state index in [1.807, 2.05) is 0 Å². The van der Waals surface area contributed by atoms with Gasteiger partial charge in [0.15, 0.2) is 5.75 Å². The molecule has 10 heteroatoms. The maximum Gasteiger partial charge on any atom is 0.308 e. The van der Waals surface area contributed by atoms with E-state index in [1.165, 1.54) is 11.5 Å². The van der Waals surface area contributed by atoms with Crippen LogP contribution in [0.15, 0.2) is 42.5 Å². The summed E-state index contributed by atoms with van der Waals surface area (Å²) in [6.07, 6.45) is 0. The van der Waals surface area contributed by atoms with Gasteiger partial charge < -0.3 is 25.9 Å². The van der Waals surface area contributed by atoms with E-state index in [0.29, 0.717) is 38.7 Å². The summed E-state index contributed by atoms with van der Waals surface area (Å²) in [5, 5.41) is 1.19. The summed E-state index contributed by atoms with van der Waals surface area (Å²) < 4.78 is 12.1. The van der Waals surface area contributed by atoms with Crippen molar-refractivity contribution in [1.29, 1.82) is 0 Å². The largest absolute Gasteiger partial charge is 0.497 e. The molecule has 8 nitrogen and oxygen atoms in total. The third-order valence-corrected chi connectivity index (χ3v) is 4.15. The van der Waals surface area contributed by atoms with Gasteiger partial charge in [-0.1, -0.05) is 11.6 Å². The first kappa shape index (κ1) is 29.9. The molecule has 0 fully saturated rings. The Balaban J connectivity index is 0. The number of fused-ring (bicyclic) bond motifs is 1. The average Bonchev–Trinajstić information content (AvgIpc) is 2.86. The number of rotatable bonds is 3. The number of esters is 1. The molecule has 0 unspecified atom stereocenters. The van der Waals surface area contributed by atoms with Crippen molar-refractivity contribution in [3.63, 3.8) is 0 Å². The SMILES string of the molecule is COc1ccc2c(c1)c(OC(C)=O)c(C)n2C(=O)c1ccc(Cl)cc1.O.O.O.[K]. The third-order valence-electron chi connectivity index (χ3n) is 3.89. The molecule has 0 saturated heterocycles. The number of hydrogen-bond donors (Lipinski definition) is 0. The zero-order chi connectivity index (χ0) is 18.1. The first-order valence-electron chi connectivity index (χ1n) is 7.60. The van der Waals surface area contributed by atoms with Gasteiger partial charge in [-0.2, -0.15) is 0 Å². The van der Waals surface area contributed by atoms with Crippen LogP contribution >= 0.6 is 11.6 Å². The van der Waals surface area contributed by atoms with Crippen LogP contribution in [-0.2, 0) is 4.79 Å². The van der Waals surface area contributed by atoms with Crippen molar-refractivity contribution in [1.82, 2.24) is 4.57 Å². The van der Waals surface area contributed by atoms with Crippen LogP contribution in [0.25, 0.3) is 10.9 Å². The Kier molecular flexibility index (Phi) is 12.8. The summed E-state index contributed by atoms with van der Waals surface area (Å²) in [4.78, 5) is 24.5. The molecule has 0 amide bonds. The molecule has 0 atom stereocenters. The second-order valence-electron chi connectivity index (χ2n) is 5.54. The van der Waals surface area contributed by atoms with Crippen molar-refractivity contribution in [3.8, 4) is 11.5 Å². The molecule has 2 aromatic carbocycles. The van der Waals surface area contributed by atoms with Crippen molar-refractivity contribution in [2.45, 2.75) is 13.8 Å². The molecule has 1 aromatic heterocycles. The van der Waals surface area contributed by atoms with Crippen molar-refractivity contribution < 1.29 is 35.5 Å². The fourth-order valence-electron chi connectivity index (χ4n) is 2.75. The van der Waals surface area contributed by atoms with Gasteiger partial charge in [-0.3, -0.25) is 14.2 Å². The summed E-state index contributed by atoms with van der Waals surface area (Å²) >= 11 is 5.89. The average molecular weight is 451 g/mol. The minimum atomic E-state index is -0.455. The summed E-state index contributed by atoms with van der Waals surface area (Å²) in [6, 6.07) is 11.9. The number of ether oxygens (including phenoxy) is 2. The van der Waals surface area contributed by atoms with Crippen LogP contribution in [0.5, 0.6) is 11.5 Å². The van der Waals surface area contributed by atoms with Crippen LogP contribution in [0.3, 0.4) is 0 Å². The second-order valence-corrected chi connectivity index (χ2v) is 5.98. The van der Waals surface area contributed by atoms with Crippen molar-refractivity contribution in [2.75, 3.05) is 7.11 Å². The minimum Gasteiger partial charge on any atom is -0.497 e. The summed E-state index contributed by atoms with van der Waals surface area (Å²) in [5.41, 5.74) is 1.66. The second kappa shape index (κ2) is 12.4. The van der Waals surface area contributed by atoms with Crippen molar-refractivity contribution >= 4 is 85.8 Å². The molecule has 1 radical (unpaired) electrons. The van der Waals surface area contributed by atoms with Gasteiger partial charge in [-0.25, -0.2) is 0 Å². The van der Waals surface area contributed by atoms with Gasteiger partial charge in [-0.15, -0.1) is 0 Å². The Morgan fingerprint density at radius 2 is 1.59 bits per heavy atom. The number of carbonyl (C=O) groups excluding carboxylic acids is 2. The van der Waals surface area contributed by atoms with E-state index in [9.17, 15) is 9.59 Å².